The Bertz CT molecular complexity index is 601. The molecule has 0 saturated heterocycles. The van der Waals surface area contributed by atoms with Gasteiger partial charge in [-0.3, -0.25) is 4.79 Å². The Kier molecular flexibility index (Phi) is 3.42. The van der Waals surface area contributed by atoms with Crippen LogP contribution in [0.25, 0.3) is 11.1 Å². The van der Waals surface area contributed by atoms with Crippen molar-refractivity contribution < 1.29 is 18.0 Å². The third kappa shape index (κ3) is 2.67. The maximum absolute atomic E-state index is 13.0. The highest BCUT2D eigenvalue weighted by Gasteiger charge is 2.35. The van der Waals surface area contributed by atoms with Crippen molar-refractivity contribution in [2.24, 2.45) is 0 Å². The van der Waals surface area contributed by atoms with E-state index in [9.17, 15) is 18.0 Å². The van der Waals surface area contributed by atoms with Gasteiger partial charge in [-0.25, -0.2) is 0 Å². The number of hydrogen-bond donors (Lipinski definition) is 0. The number of Topliss-reactive ketones (excluding diaryl/α,β-unsaturated/α-hetero) is 1. The van der Waals surface area contributed by atoms with Gasteiger partial charge in [-0.2, -0.15) is 13.2 Å². The molecule has 0 radical (unpaired) electrons. The number of carbonyl (C=O) groups is 1. The molecular weight excluding hydrogens is 253 g/mol. The molecule has 0 fully saturated rings. The highest BCUT2D eigenvalue weighted by atomic mass is 19.4. The molecule has 0 N–H and O–H groups in total. The molecule has 0 aromatic heterocycles. The van der Waals surface area contributed by atoms with Gasteiger partial charge < -0.3 is 0 Å². The van der Waals surface area contributed by atoms with Gasteiger partial charge in [-0.1, -0.05) is 42.5 Å². The van der Waals surface area contributed by atoms with E-state index in [0.29, 0.717) is 11.1 Å². The fourth-order valence-electron chi connectivity index (χ4n) is 2.03. The second-order valence-electron chi connectivity index (χ2n) is 4.15. The first kappa shape index (κ1) is 13.3. The second kappa shape index (κ2) is 4.88. The number of carbonyl (C=O) groups excluding carboxylic acids is 1. The molecule has 0 aliphatic heterocycles. The lowest BCUT2D eigenvalue weighted by Gasteiger charge is -2.15. The van der Waals surface area contributed by atoms with Crippen LogP contribution in [0.2, 0.25) is 0 Å². The van der Waals surface area contributed by atoms with Crippen LogP contribution < -0.4 is 0 Å². The van der Waals surface area contributed by atoms with Crippen molar-refractivity contribution in [1.29, 1.82) is 0 Å². The van der Waals surface area contributed by atoms with Gasteiger partial charge in [0.25, 0.3) is 0 Å². The molecule has 0 aliphatic carbocycles. The molecular formula is C15H11F3O. The summed E-state index contributed by atoms with van der Waals surface area (Å²) in [5.41, 5.74) is -0.260. The number of benzene rings is 2. The van der Waals surface area contributed by atoms with E-state index < -0.39 is 17.5 Å². The van der Waals surface area contributed by atoms with E-state index in [1.165, 1.54) is 12.1 Å². The molecule has 0 atom stereocenters. The zero-order valence-corrected chi connectivity index (χ0v) is 10.2. The maximum atomic E-state index is 13.0. The first-order valence-electron chi connectivity index (χ1n) is 5.68. The summed E-state index contributed by atoms with van der Waals surface area (Å²) in [7, 11) is 0. The molecule has 0 spiro atoms. The first-order valence-corrected chi connectivity index (χ1v) is 5.68. The van der Waals surface area contributed by atoms with Crippen molar-refractivity contribution in [3.63, 3.8) is 0 Å². The van der Waals surface area contributed by atoms with Crippen LogP contribution in [0.1, 0.15) is 22.8 Å². The van der Waals surface area contributed by atoms with Crippen LogP contribution >= 0.6 is 0 Å². The average Bonchev–Trinajstić information content (AvgIpc) is 2.37. The van der Waals surface area contributed by atoms with E-state index in [4.69, 9.17) is 0 Å². The topological polar surface area (TPSA) is 17.1 Å². The minimum absolute atomic E-state index is 0.277. The largest absolute Gasteiger partial charge is 0.417 e. The highest BCUT2D eigenvalue weighted by Crippen LogP contribution is 2.36. The fraction of sp³-hybridized carbons (Fsp3) is 0.133. The lowest BCUT2D eigenvalue weighted by molar-refractivity contribution is -0.137. The van der Waals surface area contributed by atoms with Gasteiger partial charge in [-0.05, 0) is 24.1 Å². The summed E-state index contributed by atoms with van der Waals surface area (Å²) in [6.45, 7) is 1.15. The van der Waals surface area contributed by atoms with Crippen LogP contribution in [-0.4, -0.2) is 5.78 Å². The minimum atomic E-state index is -4.54. The monoisotopic (exact) mass is 264 g/mol. The SMILES string of the molecule is CC(=O)c1c(-c2ccccc2)cccc1C(F)(F)F. The standard InChI is InChI=1S/C15H11F3O/c1-10(19)14-12(11-6-3-2-4-7-11)8-5-9-13(14)15(16,17)18/h2-9H,1H3. The van der Waals surface area contributed by atoms with E-state index in [0.717, 1.165) is 13.0 Å². The summed E-state index contributed by atoms with van der Waals surface area (Å²) >= 11 is 0. The Morgan fingerprint density at radius 2 is 1.58 bits per heavy atom. The molecule has 0 saturated carbocycles. The summed E-state index contributed by atoms with van der Waals surface area (Å²) in [5, 5.41) is 0. The summed E-state index contributed by atoms with van der Waals surface area (Å²) in [4.78, 5) is 11.6. The van der Waals surface area contributed by atoms with Gasteiger partial charge in [0.05, 0.1) is 5.56 Å². The Morgan fingerprint density at radius 3 is 2.11 bits per heavy atom. The molecule has 4 heteroatoms. The van der Waals surface area contributed by atoms with Crippen LogP contribution in [0.3, 0.4) is 0 Å². The van der Waals surface area contributed by atoms with E-state index in [1.807, 2.05) is 0 Å². The van der Waals surface area contributed by atoms with Crippen LogP contribution in [0.4, 0.5) is 13.2 Å². The van der Waals surface area contributed by atoms with Crippen molar-refractivity contribution >= 4 is 5.78 Å². The molecule has 2 rings (SSSR count). The van der Waals surface area contributed by atoms with Crippen molar-refractivity contribution in [1.82, 2.24) is 0 Å². The predicted molar refractivity (Wildman–Crippen MR) is 66.9 cm³/mol. The zero-order chi connectivity index (χ0) is 14.0. The quantitative estimate of drug-likeness (QED) is 0.726. The normalized spacial score (nSPS) is 11.4. The molecule has 2 aromatic carbocycles. The van der Waals surface area contributed by atoms with Gasteiger partial charge in [0.15, 0.2) is 5.78 Å². The molecule has 98 valence electrons. The van der Waals surface area contributed by atoms with Gasteiger partial charge in [0.1, 0.15) is 0 Å². The number of ketones is 1. The van der Waals surface area contributed by atoms with Gasteiger partial charge in [0, 0.05) is 5.56 Å². The molecule has 0 amide bonds. The van der Waals surface area contributed by atoms with Crippen LogP contribution in [-0.2, 0) is 6.18 Å². The summed E-state index contributed by atoms with van der Waals surface area (Å²) < 4.78 is 38.9. The van der Waals surface area contributed by atoms with Gasteiger partial charge >= 0.3 is 6.18 Å². The van der Waals surface area contributed by atoms with E-state index >= 15 is 0 Å². The lowest BCUT2D eigenvalue weighted by atomic mass is 9.93. The zero-order valence-electron chi connectivity index (χ0n) is 10.2. The third-order valence-corrected chi connectivity index (χ3v) is 2.81. The predicted octanol–water partition coefficient (Wildman–Crippen LogP) is 4.58. The van der Waals surface area contributed by atoms with E-state index in [2.05, 4.69) is 0 Å². The van der Waals surface area contributed by atoms with Crippen LogP contribution in [0, 0.1) is 0 Å². The van der Waals surface area contributed by atoms with Gasteiger partial charge in [0.2, 0.25) is 0 Å². The van der Waals surface area contributed by atoms with Crippen molar-refractivity contribution in [3.05, 3.63) is 59.7 Å². The Balaban J connectivity index is 2.73. The van der Waals surface area contributed by atoms with E-state index in [1.54, 1.807) is 30.3 Å². The molecule has 0 unspecified atom stereocenters. The summed E-state index contributed by atoms with van der Waals surface area (Å²) in [5.74, 6) is -0.591. The molecule has 0 heterocycles. The van der Waals surface area contributed by atoms with Crippen LogP contribution in [0.5, 0.6) is 0 Å². The second-order valence-corrected chi connectivity index (χ2v) is 4.15. The van der Waals surface area contributed by atoms with E-state index in [-0.39, 0.29) is 5.56 Å². The number of rotatable bonds is 2. The Morgan fingerprint density at radius 1 is 0.947 bits per heavy atom. The fourth-order valence-corrected chi connectivity index (χ4v) is 2.03. The number of halogens is 3. The molecule has 19 heavy (non-hydrogen) atoms. The minimum Gasteiger partial charge on any atom is -0.294 e. The molecule has 0 bridgehead atoms. The van der Waals surface area contributed by atoms with Gasteiger partial charge in [-0.15, -0.1) is 0 Å². The van der Waals surface area contributed by atoms with Crippen molar-refractivity contribution in [2.45, 2.75) is 13.1 Å². The Labute approximate surface area is 108 Å². The molecule has 1 nitrogen and oxygen atoms in total. The summed E-state index contributed by atoms with van der Waals surface area (Å²) in [6.07, 6.45) is -4.54. The average molecular weight is 264 g/mol. The third-order valence-electron chi connectivity index (χ3n) is 2.81. The van der Waals surface area contributed by atoms with Crippen molar-refractivity contribution in [3.8, 4) is 11.1 Å². The lowest BCUT2D eigenvalue weighted by Crippen LogP contribution is -2.12. The highest BCUT2D eigenvalue weighted by molar-refractivity contribution is 6.02. The summed E-state index contributed by atoms with van der Waals surface area (Å²) in [6, 6.07) is 12.4. The molecule has 2 aromatic rings. The smallest absolute Gasteiger partial charge is 0.294 e. The maximum Gasteiger partial charge on any atom is 0.417 e. The first-order chi connectivity index (χ1) is 8.91. The number of alkyl halides is 3. The van der Waals surface area contributed by atoms with Crippen LogP contribution in [0.15, 0.2) is 48.5 Å². The Hall–Kier alpha value is -2.10. The number of hydrogen-bond acceptors (Lipinski definition) is 1. The molecule has 0 aliphatic rings. The van der Waals surface area contributed by atoms with Crippen molar-refractivity contribution in [2.75, 3.05) is 0 Å².